The monoisotopic (exact) mass is 310 g/mol. The number of methoxy groups -OCH3 is 1. The lowest BCUT2D eigenvalue weighted by Gasteiger charge is -2.06. The SMILES string of the molecule is CCCOC(=O)c1cn(-c2ccc(OC)cc2)c2cnccc12. The van der Waals surface area contributed by atoms with Crippen LogP contribution in [0.3, 0.4) is 0 Å². The number of benzene rings is 1. The van der Waals surface area contributed by atoms with Gasteiger partial charge >= 0.3 is 5.97 Å². The van der Waals surface area contributed by atoms with E-state index < -0.39 is 0 Å². The van der Waals surface area contributed by atoms with Crippen molar-refractivity contribution in [2.75, 3.05) is 13.7 Å². The van der Waals surface area contributed by atoms with Crippen molar-refractivity contribution in [1.82, 2.24) is 9.55 Å². The van der Waals surface area contributed by atoms with Crippen molar-refractivity contribution in [1.29, 1.82) is 0 Å². The van der Waals surface area contributed by atoms with E-state index in [9.17, 15) is 4.79 Å². The van der Waals surface area contributed by atoms with E-state index in [0.717, 1.165) is 28.8 Å². The number of fused-ring (bicyclic) bond motifs is 1. The minimum Gasteiger partial charge on any atom is -0.497 e. The van der Waals surface area contributed by atoms with Crippen molar-refractivity contribution in [3.8, 4) is 11.4 Å². The molecule has 0 aliphatic rings. The molecule has 0 spiro atoms. The van der Waals surface area contributed by atoms with Gasteiger partial charge in [-0.15, -0.1) is 0 Å². The number of nitrogens with zero attached hydrogens (tertiary/aromatic N) is 2. The molecule has 0 aliphatic heterocycles. The van der Waals surface area contributed by atoms with Gasteiger partial charge in [0.25, 0.3) is 0 Å². The maximum absolute atomic E-state index is 12.3. The molecule has 5 nitrogen and oxygen atoms in total. The van der Waals surface area contributed by atoms with E-state index in [0.29, 0.717) is 12.2 Å². The first kappa shape index (κ1) is 15.1. The highest BCUT2D eigenvalue weighted by Gasteiger charge is 2.17. The number of esters is 1. The third-order valence-electron chi connectivity index (χ3n) is 3.62. The first-order valence-corrected chi connectivity index (χ1v) is 7.51. The van der Waals surface area contributed by atoms with Gasteiger partial charge in [-0.3, -0.25) is 4.98 Å². The Bertz CT molecular complexity index is 822. The molecule has 0 amide bonds. The molecule has 2 heterocycles. The van der Waals surface area contributed by atoms with E-state index in [4.69, 9.17) is 9.47 Å². The molecular weight excluding hydrogens is 292 g/mol. The largest absolute Gasteiger partial charge is 0.497 e. The standard InChI is InChI=1S/C18H18N2O3/c1-3-10-23-18(21)16-12-20(17-11-19-9-8-15(16)17)13-4-6-14(22-2)7-5-13/h4-9,11-12H,3,10H2,1-2H3. The van der Waals surface area contributed by atoms with Gasteiger partial charge in [-0.05, 0) is 36.8 Å². The summed E-state index contributed by atoms with van der Waals surface area (Å²) in [6.45, 7) is 2.39. The molecule has 0 saturated carbocycles. The van der Waals surface area contributed by atoms with Crippen LogP contribution in [0.1, 0.15) is 23.7 Å². The number of hydrogen-bond donors (Lipinski definition) is 0. The Balaban J connectivity index is 2.08. The van der Waals surface area contributed by atoms with Crippen molar-refractivity contribution in [3.63, 3.8) is 0 Å². The van der Waals surface area contributed by atoms with E-state index in [-0.39, 0.29) is 5.97 Å². The average Bonchev–Trinajstić information content (AvgIpc) is 2.99. The molecular formula is C18H18N2O3. The van der Waals surface area contributed by atoms with Gasteiger partial charge in [-0.25, -0.2) is 4.79 Å². The Kier molecular flexibility index (Phi) is 4.28. The molecule has 0 N–H and O–H groups in total. The third-order valence-corrected chi connectivity index (χ3v) is 3.62. The number of aromatic nitrogens is 2. The van der Waals surface area contributed by atoms with Crippen LogP contribution in [0.2, 0.25) is 0 Å². The minimum absolute atomic E-state index is 0.310. The summed E-state index contributed by atoms with van der Waals surface area (Å²) in [5, 5.41) is 0.830. The van der Waals surface area contributed by atoms with Crippen LogP contribution in [-0.4, -0.2) is 29.2 Å². The van der Waals surface area contributed by atoms with E-state index >= 15 is 0 Å². The van der Waals surface area contributed by atoms with Crippen molar-refractivity contribution in [2.45, 2.75) is 13.3 Å². The summed E-state index contributed by atoms with van der Waals surface area (Å²) < 4.78 is 12.4. The van der Waals surface area contributed by atoms with Gasteiger partial charge in [0.2, 0.25) is 0 Å². The van der Waals surface area contributed by atoms with E-state index in [1.165, 1.54) is 0 Å². The van der Waals surface area contributed by atoms with Gasteiger partial charge in [0.1, 0.15) is 5.75 Å². The molecule has 1 aromatic carbocycles. The van der Waals surface area contributed by atoms with Crippen molar-refractivity contribution in [3.05, 3.63) is 54.5 Å². The maximum Gasteiger partial charge on any atom is 0.340 e. The predicted octanol–water partition coefficient (Wildman–Crippen LogP) is 3.60. The summed E-state index contributed by atoms with van der Waals surface area (Å²) in [5.41, 5.74) is 2.34. The van der Waals surface area contributed by atoms with Gasteiger partial charge in [-0.2, -0.15) is 0 Å². The van der Waals surface area contributed by atoms with Crippen LogP contribution in [0.15, 0.2) is 48.9 Å². The van der Waals surface area contributed by atoms with Crippen LogP contribution in [0.5, 0.6) is 5.75 Å². The fourth-order valence-corrected chi connectivity index (χ4v) is 2.47. The Morgan fingerprint density at radius 1 is 1.22 bits per heavy atom. The second-order valence-corrected chi connectivity index (χ2v) is 5.14. The van der Waals surface area contributed by atoms with Crippen molar-refractivity contribution < 1.29 is 14.3 Å². The molecule has 0 saturated heterocycles. The molecule has 23 heavy (non-hydrogen) atoms. The lowest BCUT2D eigenvalue weighted by atomic mass is 10.2. The molecule has 3 aromatic rings. The Labute approximate surface area is 134 Å². The molecule has 5 heteroatoms. The number of rotatable bonds is 5. The van der Waals surface area contributed by atoms with E-state index in [2.05, 4.69) is 4.98 Å². The Hall–Kier alpha value is -2.82. The average molecular weight is 310 g/mol. The highest BCUT2D eigenvalue weighted by molar-refractivity contribution is 6.04. The first-order chi connectivity index (χ1) is 11.2. The number of ether oxygens (including phenoxy) is 2. The Morgan fingerprint density at radius 2 is 2.00 bits per heavy atom. The number of hydrogen-bond acceptors (Lipinski definition) is 4. The smallest absolute Gasteiger partial charge is 0.340 e. The predicted molar refractivity (Wildman–Crippen MR) is 88.2 cm³/mol. The van der Waals surface area contributed by atoms with Gasteiger partial charge in [0.15, 0.2) is 0 Å². The summed E-state index contributed by atoms with van der Waals surface area (Å²) in [6.07, 6.45) is 6.02. The van der Waals surface area contributed by atoms with E-state index in [1.54, 1.807) is 25.7 Å². The zero-order valence-corrected chi connectivity index (χ0v) is 13.2. The number of carbonyl (C=O) groups is 1. The minimum atomic E-state index is -0.310. The Morgan fingerprint density at radius 3 is 2.70 bits per heavy atom. The second-order valence-electron chi connectivity index (χ2n) is 5.14. The van der Waals surface area contributed by atoms with Crippen LogP contribution < -0.4 is 4.74 Å². The van der Waals surface area contributed by atoms with Crippen LogP contribution in [0.25, 0.3) is 16.6 Å². The first-order valence-electron chi connectivity index (χ1n) is 7.51. The summed E-state index contributed by atoms with van der Waals surface area (Å²) >= 11 is 0. The third kappa shape index (κ3) is 2.90. The molecule has 0 fully saturated rings. The van der Waals surface area contributed by atoms with Crippen LogP contribution in [0.4, 0.5) is 0 Å². The summed E-state index contributed by atoms with van der Waals surface area (Å²) in [6, 6.07) is 9.47. The van der Waals surface area contributed by atoms with Crippen LogP contribution in [0, 0.1) is 0 Å². The maximum atomic E-state index is 12.3. The fraction of sp³-hybridized carbons (Fsp3) is 0.222. The van der Waals surface area contributed by atoms with E-state index in [1.807, 2.05) is 41.8 Å². The highest BCUT2D eigenvalue weighted by atomic mass is 16.5. The number of pyridine rings is 1. The van der Waals surface area contributed by atoms with Gasteiger partial charge in [-0.1, -0.05) is 6.92 Å². The zero-order chi connectivity index (χ0) is 16.2. The summed E-state index contributed by atoms with van der Waals surface area (Å²) in [7, 11) is 1.63. The lowest BCUT2D eigenvalue weighted by Crippen LogP contribution is -2.05. The number of carbonyl (C=O) groups excluding carboxylic acids is 1. The van der Waals surface area contributed by atoms with Crippen LogP contribution >= 0.6 is 0 Å². The van der Waals surface area contributed by atoms with Gasteiger partial charge in [0.05, 0.1) is 31.0 Å². The second kappa shape index (κ2) is 6.52. The van der Waals surface area contributed by atoms with Gasteiger partial charge in [0, 0.05) is 23.5 Å². The zero-order valence-electron chi connectivity index (χ0n) is 13.2. The molecule has 3 rings (SSSR count). The molecule has 118 valence electrons. The molecule has 0 radical (unpaired) electrons. The summed E-state index contributed by atoms with van der Waals surface area (Å²) in [5.74, 6) is 0.473. The van der Waals surface area contributed by atoms with Crippen molar-refractivity contribution >= 4 is 16.9 Å². The lowest BCUT2D eigenvalue weighted by molar-refractivity contribution is 0.0507. The molecule has 2 aromatic heterocycles. The molecule has 0 bridgehead atoms. The quantitative estimate of drug-likeness (QED) is 0.676. The van der Waals surface area contributed by atoms with Gasteiger partial charge < -0.3 is 14.0 Å². The van der Waals surface area contributed by atoms with Crippen molar-refractivity contribution in [2.24, 2.45) is 0 Å². The normalized spacial score (nSPS) is 10.7. The summed E-state index contributed by atoms with van der Waals surface area (Å²) in [4.78, 5) is 16.5. The molecule has 0 unspecified atom stereocenters. The highest BCUT2D eigenvalue weighted by Crippen LogP contribution is 2.26. The topological polar surface area (TPSA) is 53.4 Å². The molecule has 0 aliphatic carbocycles. The fourth-order valence-electron chi connectivity index (χ4n) is 2.47. The van der Waals surface area contributed by atoms with Crippen LogP contribution in [-0.2, 0) is 4.74 Å². The molecule has 0 atom stereocenters.